The van der Waals surface area contributed by atoms with Crippen LogP contribution in [0.4, 0.5) is 34.1 Å². The van der Waals surface area contributed by atoms with E-state index in [-0.39, 0.29) is 28.1 Å². The minimum Gasteiger partial charge on any atom is -0.506 e. The van der Waals surface area contributed by atoms with Crippen molar-refractivity contribution in [3.05, 3.63) is 52.5 Å². The van der Waals surface area contributed by atoms with E-state index in [2.05, 4.69) is 22.1 Å². The molecule has 7 N–H and O–H groups in total. The molecule has 158 valence electrons. The van der Waals surface area contributed by atoms with Gasteiger partial charge in [-0.3, -0.25) is 0 Å². The molecule has 0 saturated carbocycles. The number of aromatic hydroxyl groups is 1. The van der Waals surface area contributed by atoms with E-state index < -0.39 is 23.8 Å². The zero-order valence-electron chi connectivity index (χ0n) is 15.5. The molecule has 0 unspecified atom stereocenters. The maximum absolute atomic E-state index is 12.7. The van der Waals surface area contributed by atoms with Gasteiger partial charge in [-0.15, -0.1) is 0 Å². The van der Waals surface area contributed by atoms with E-state index >= 15 is 0 Å². The molecule has 0 aliphatic heterocycles. The highest BCUT2D eigenvalue weighted by atomic mass is 35.5. The standard InChI is InChI=1S/C17H16ClF3N2O2.CH4N2O/c1-9(2)10-3-6-13(15(24)7-10)22-16(25)23-14-8-11(17(19,20)21)4-5-12(14)18;2-1(3)4/h3-9,24H,1-2H3,(H2,22,23,25);(H4,2,3,4). The van der Waals surface area contributed by atoms with Crippen LogP contribution >= 0.6 is 11.6 Å². The second kappa shape index (κ2) is 9.87. The fourth-order valence-corrected chi connectivity index (χ4v) is 2.25. The van der Waals surface area contributed by atoms with Gasteiger partial charge in [0, 0.05) is 0 Å². The number of urea groups is 2. The van der Waals surface area contributed by atoms with Crippen LogP contribution in [0.15, 0.2) is 36.4 Å². The minimum absolute atomic E-state index is 0.0393. The molecule has 4 amide bonds. The number of carbonyl (C=O) groups excluding carboxylic acids is 2. The van der Waals surface area contributed by atoms with Crippen LogP contribution < -0.4 is 22.1 Å². The van der Waals surface area contributed by atoms with Gasteiger partial charge in [0.2, 0.25) is 0 Å². The van der Waals surface area contributed by atoms with E-state index in [0.29, 0.717) is 0 Å². The SMILES string of the molecule is CC(C)c1ccc(NC(=O)Nc2cc(C(F)(F)F)ccc2Cl)c(O)c1.NC(N)=O. The summed E-state index contributed by atoms with van der Waals surface area (Å²) in [5.41, 5.74) is 8.39. The van der Waals surface area contributed by atoms with Crippen LogP contribution in [0.5, 0.6) is 5.75 Å². The lowest BCUT2D eigenvalue weighted by molar-refractivity contribution is -0.137. The summed E-state index contributed by atoms with van der Waals surface area (Å²) < 4.78 is 38.2. The van der Waals surface area contributed by atoms with Crippen LogP contribution in [-0.4, -0.2) is 17.2 Å². The lowest BCUT2D eigenvalue weighted by Gasteiger charge is -2.14. The van der Waals surface area contributed by atoms with Crippen molar-refractivity contribution >= 4 is 35.0 Å². The summed E-state index contributed by atoms with van der Waals surface area (Å²) in [5.74, 6) is 0.0502. The third-order valence-corrected chi connectivity index (χ3v) is 3.81. The van der Waals surface area contributed by atoms with Crippen LogP contribution in [0.2, 0.25) is 5.02 Å². The van der Waals surface area contributed by atoms with Crippen molar-refractivity contribution in [1.29, 1.82) is 0 Å². The second-order valence-corrected chi connectivity index (χ2v) is 6.51. The van der Waals surface area contributed by atoms with E-state index in [1.54, 1.807) is 6.07 Å². The Morgan fingerprint density at radius 2 is 1.59 bits per heavy atom. The minimum atomic E-state index is -4.55. The third kappa shape index (κ3) is 7.78. The van der Waals surface area contributed by atoms with E-state index in [4.69, 9.17) is 16.4 Å². The summed E-state index contributed by atoms with van der Waals surface area (Å²) in [5, 5.41) is 14.5. The zero-order chi connectivity index (χ0) is 22.4. The number of hydrogen-bond donors (Lipinski definition) is 5. The molecule has 0 atom stereocenters. The van der Waals surface area contributed by atoms with Gasteiger partial charge in [-0.05, 0) is 41.8 Å². The number of amides is 4. The number of halogens is 4. The topological polar surface area (TPSA) is 130 Å². The average molecular weight is 433 g/mol. The summed E-state index contributed by atoms with van der Waals surface area (Å²) in [7, 11) is 0. The summed E-state index contributed by atoms with van der Waals surface area (Å²) in [6.07, 6.45) is -4.55. The Kier molecular flexibility index (Phi) is 8.14. The maximum atomic E-state index is 12.7. The lowest BCUT2D eigenvalue weighted by atomic mass is 10.0. The van der Waals surface area contributed by atoms with E-state index in [9.17, 15) is 23.1 Å². The highest BCUT2D eigenvalue weighted by Crippen LogP contribution is 2.34. The number of alkyl halides is 3. The van der Waals surface area contributed by atoms with Gasteiger partial charge in [-0.1, -0.05) is 31.5 Å². The van der Waals surface area contributed by atoms with Crippen molar-refractivity contribution in [2.24, 2.45) is 11.5 Å². The second-order valence-electron chi connectivity index (χ2n) is 6.11. The first-order valence-electron chi connectivity index (χ1n) is 8.13. The van der Waals surface area contributed by atoms with Gasteiger partial charge in [-0.2, -0.15) is 13.2 Å². The first-order valence-corrected chi connectivity index (χ1v) is 8.51. The molecule has 0 radical (unpaired) electrons. The Hall–Kier alpha value is -3.14. The number of phenols is 1. The Morgan fingerprint density at radius 1 is 1.03 bits per heavy atom. The zero-order valence-corrected chi connectivity index (χ0v) is 16.2. The molecule has 7 nitrogen and oxygen atoms in total. The molecule has 2 aromatic rings. The summed E-state index contributed by atoms with van der Waals surface area (Å²) in [4.78, 5) is 21.0. The van der Waals surface area contributed by atoms with Crippen LogP contribution in [0.1, 0.15) is 30.9 Å². The predicted octanol–water partition coefficient (Wildman–Crippen LogP) is 4.86. The highest BCUT2D eigenvalue weighted by Gasteiger charge is 2.31. The number of carbonyl (C=O) groups is 2. The molecule has 29 heavy (non-hydrogen) atoms. The molecular weight excluding hydrogens is 413 g/mol. The Labute approximate surface area is 169 Å². The number of nitrogens with two attached hydrogens (primary N) is 2. The van der Waals surface area contributed by atoms with Crippen molar-refractivity contribution in [3.8, 4) is 5.75 Å². The fourth-order valence-electron chi connectivity index (χ4n) is 2.09. The largest absolute Gasteiger partial charge is 0.506 e. The fraction of sp³-hybridized carbons (Fsp3) is 0.222. The number of benzene rings is 2. The maximum Gasteiger partial charge on any atom is 0.416 e. The van der Waals surface area contributed by atoms with Crippen LogP contribution in [0.3, 0.4) is 0 Å². The molecular formula is C18H20ClF3N4O3. The molecule has 0 bridgehead atoms. The molecule has 0 spiro atoms. The number of anilines is 2. The van der Waals surface area contributed by atoms with Gasteiger partial charge >= 0.3 is 18.2 Å². The molecule has 0 fully saturated rings. The van der Waals surface area contributed by atoms with Gasteiger partial charge in [-0.25, -0.2) is 9.59 Å². The molecule has 0 heterocycles. The van der Waals surface area contributed by atoms with Gasteiger partial charge in [0.25, 0.3) is 0 Å². The third-order valence-electron chi connectivity index (χ3n) is 3.48. The van der Waals surface area contributed by atoms with E-state index in [0.717, 1.165) is 23.8 Å². The molecule has 0 aromatic heterocycles. The summed E-state index contributed by atoms with van der Waals surface area (Å²) in [6, 6.07) is 5.71. The van der Waals surface area contributed by atoms with Gasteiger partial charge < -0.3 is 27.2 Å². The normalized spacial score (nSPS) is 10.7. The Bertz CT molecular complexity index is 885. The first kappa shape index (κ1) is 23.9. The van der Waals surface area contributed by atoms with Crippen LogP contribution in [0, 0.1) is 0 Å². The number of primary amides is 2. The van der Waals surface area contributed by atoms with Crippen molar-refractivity contribution in [2.45, 2.75) is 25.9 Å². The van der Waals surface area contributed by atoms with Gasteiger partial charge in [0.15, 0.2) is 0 Å². The first-order chi connectivity index (χ1) is 13.3. The highest BCUT2D eigenvalue weighted by molar-refractivity contribution is 6.33. The lowest BCUT2D eigenvalue weighted by Crippen LogP contribution is -2.20. The molecule has 11 heteroatoms. The van der Waals surface area contributed by atoms with Crippen LogP contribution in [0.25, 0.3) is 0 Å². The van der Waals surface area contributed by atoms with Gasteiger partial charge in [0.05, 0.1) is 22.0 Å². The van der Waals surface area contributed by atoms with Crippen molar-refractivity contribution in [1.82, 2.24) is 0 Å². The monoisotopic (exact) mass is 432 g/mol. The van der Waals surface area contributed by atoms with Crippen molar-refractivity contribution in [2.75, 3.05) is 10.6 Å². The van der Waals surface area contributed by atoms with E-state index in [1.807, 2.05) is 13.8 Å². The predicted molar refractivity (Wildman–Crippen MR) is 105 cm³/mol. The van der Waals surface area contributed by atoms with Gasteiger partial charge in [0.1, 0.15) is 5.75 Å². The molecule has 0 saturated heterocycles. The molecule has 0 aliphatic carbocycles. The Balaban J connectivity index is 0.000000960. The molecule has 2 rings (SSSR count). The summed E-state index contributed by atoms with van der Waals surface area (Å²) >= 11 is 5.82. The Morgan fingerprint density at radius 3 is 2.07 bits per heavy atom. The van der Waals surface area contributed by atoms with Crippen molar-refractivity contribution in [3.63, 3.8) is 0 Å². The molecule has 2 aromatic carbocycles. The number of hydrogen-bond acceptors (Lipinski definition) is 3. The smallest absolute Gasteiger partial charge is 0.416 e. The number of phenolic OH excluding ortho intramolecular Hbond substituents is 1. The van der Waals surface area contributed by atoms with E-state index in [1.165, 1.54) is 12.1 Å². The number of rotatable bonds is 3. The van der Waals surface area contributed by atoms with Crippen LogP contribution in [-0.2, 0) is 6.18 Å². The number of nitrogens with one attached hydrogen (secondary N) is 2. The quantitative estimate of drug-likeness (QED) is 0.444. The van der Waals surface area contributed by atoms with Crippen molar-refractivity contribution < 1.29 is 27.9 Å². The summed E-state index contributed by atoms with van der Waals surface area (Å²) in [6.45, 7) is 3.90. The average Bonchev–Trinajstić information content (AvgIpc) is 2.57. The molecule has 0 aliphatic rings.